The molecular weight excluding hydrogens is 302 g/mol. The Hall–Kier alpha value is -1.91. The molecule has 0 spiro atoms. The van der Waals surface area contributed by atoms with Crippen LogP contribution in [0.25, 0.3) is 10.8 Å². The molecule has 1 heterocycles. The van der Waals surface area contributed by atoms with Gasteiger partial charge in [-0.2, -0.15) is 0 Å². The lowest BCUT2D eigenvalue weighted by molar-refractivity contribution is -0.128. The first-order chi connectivity index (χ1) is 11.7. The van der Waals surface area contributed by atoms with Crippen molar-refractivity contribution in [2.24, 2.45) is 0 Å². The molecule has 0 radical (unpaired) electrons. The minimum Gasteiger partial charge on any atom is -0.376 e. The molecule has 2 aromatic carbocycles. The van der Waals surface area contributed by atoms with Gasteiger partial charge in [0, 0.05) is 17.7 Å². The first kappa shape index (κ1) is 15.6. The van der Waals surface area contributed by atoms with E-state index in [1.54, 1.807) is 6.92 Å². The number of anilines is 1. The fourth-order valence-electron chi connectivity index (χ4n) is 3.69. The summed E-state index contributed by atoms with van der Waals surface area (Å²) in [4.78, 5) is 12.5. The summed E-state index contributed by atoms with van der Waals surface area (Å²) >= 11 is 0. The summed E-state index contributed by atoms with van der Waals surface area (Å²) in [6.07, 6.45) is 3.92. The highest BCUT2D eigenvalue weighted by Crippen LogP contribution is 2.35. The van der Waals surface area contributed by atoms with Crippen LogP contribution >= 0.6 is 0 Å². The van der Waals surface area contributed by atoms with Crippen LogP contribution in [0, 0.1) is 0 Å². The molecule has 2 aliphatic rings. The zero-order valence-electron chi connectivity index (χ0n) is 14.0. The van der Waals surface area contributed by atoms with E-state index in [9.17, 15) is 4.79 Å². The van der Waals surface area contributed by atoms with Crippen LogP contribution in [0.15, 0.2) is 30.3 Å². The smallest absolute Gasteiger partial charge is 0.253 e. The van der Waals surface area contributed by atoms with Gasteiger partial charge in [0.05, 0.1) is 12.7 Å². The topological polar surface area (TPSA) is 47.6 Å². The molecule has 126 valence electrons. The molecule has 1 aliphatic carbocycles. The van der Waals surface area contributed by atoms with Crippen molar-refractivity contribution >= 4 is 22.4 Å². The number of nitrogens with one attached hydrogen (secondary N) is 1. The molecule has 0 aromatic heterocycles. The van der Waals surface area contributed by atoms with Gasteiger partial charge >= 0.3 is 0 Å². The number of amides is 1. The first-order valence-corrected chi connectivity index (χ1v) is 8.80. The van der Waals surface area contributed by atoms with Crippen molar-refractivity contribution in [3.63, 3.8) is 0 Å². The molecule has 4 rings (SSSR count). The van der Waals surface area contributed by atoms with Crippen LogP contribution in [0.2, 0.25) is 0 Å². The molecule has 1 amide bonds. The predicted octanol–water partition coefficient (Wildman–Crippen LogP) is 3.46. The van der Waals surface area contributed by atoms with E-state index >= 15 is 0 Å². The Morgan fingerprint density at radius 2 is 2.12 bits per heavy atom. The van der Waals surface area contributed by atoms with Crippen molar-refractivity contribution < 1.29 is 14.3 Å². The molecule has 1 fully saturated rings. The van der Waals surface area contributed by atoms with Crippen LogP contribution in [0.1, 0.15) is 30.9 Å². The van der Waals surface area contributed by atoms with E-state index in [0.29, 0.717) is 6.61 Å². The number of hydrogen-bond acceptors (Lipinski definition) is 3. The number of carbonyl (C=O) groups excluding carboxylic acids is 1. The van der Waals surface area contributed by atoms with E-state index in [4.69, 9.17) is 9.47 Å². The quantitative estimate of drug-likeness (QED) is 0.916. The third-order valence-corrected chi connectivity index (χ3v) is 5.06. The maximum absolute atomic E-state index is 12.5. The van der Waals surface area contributed by atoms with Crippen molar-refractivity contribution in [1.82, 2.24) is 0 Å². The minimum absolute atomic E-state index is 0.105. The Morgan fingerprint density at radius 3 is 2.92 bits per heavy atom. The van der Waals surface area contributed by atoms with Crippen molar-refractivity contribution in [2.45, 2.75) is 44.8 Å². The molecule has 24 heavy (non-hydrogen) atoms. The Balaban J connectivity index is 1.47. The largest absolute Gasteiger partial charge is 0.376 e. The highest BCUT2D eigenvalue weighted by Gasteiger charge is 2.21. The van der Waals surface area contributed by atoms with Gasteiger partial charge in [-0.15, -0.1) is 0 Å². The molecule has 1 aliphatic heterocycles. The first-order valence-electron chi connectivity index (χ1n) is 8.80. The summed E-state index contributed by atoms with van der Waals surface area (Å²) in [7, 11) is 0. The van der Waals surface area contributed by atoms with Crippen molar-refractivity contribution in [3.05, 3.63) is 41.5 Å². The summed E-state index contributed by atoms with van der Waals surface area (Å²) < 4.78 is 11.2. The normalized spacial score (nSPS) is 20.5. The van der Waals surface area contributed by atoms with Crippen LogP contribution < -0.4 is 5.32 Å². The second-order valence-corrected chi connectivity index (χ2v) is 6.71. The summed E-state index contributed by atoms with van der Waals surface area (Å²) in [5.74, 6) is -0.105. The standard InChI is InChI=1S/C20H23NO3/c1-13(24-12-16-5-3-11-23-16)20(22)21-18-10-9-15-8-7-14-4-2-6-17(18)19(14)15/h2,4,6,9-10,13,16H,3,5,7-8,11-12H2,1H3,(H,21,22)/t13-,16+/m1/s1. The van der Waals surface area contributed by atoms with Gasteiger partial charge in [0.25, 0.3) is 5.91 Å². The lowest BCUT2D eigenvalue weighted by Gasteiger charge is -2.17. The van der Waals surface area contributed by atoms with Gasteiger partial charge in [0.2, 0.25) is 0 Å². The van der Waals surface area contributed by atoms with Gasteiger partial charge in [0.15, 0.2) is 0 Å². The Morgan fingerprint density at radius 1 is 1.29 bits per heavy atom. The van der Waals surface area contributed by atoms with Crippen LogP contribution in [-0.2, 0) is 27.1 Å². The SMILES string of the molecule is C[C@@H](OC[C@@H]1CCCO1)C(=O)Nc1ccc2c3c(cccc13)CC2. The van der Waals surface area contributed by atoms with Crippen molar-refractivity contribution in [1.29, 1.82) is 0 Å². The maximum atomic E-state index is 12.5. The van der Waals surface area contributed by atoms with Crippen LogP contribution in [0.3, 0.4) is 0 Å². The Kier molecular flexibility index (Phi) is 4.25. The van der Waals surface area contributed by atoms with Crippen molar-refractivity contribution in [3.8, 4) is 0 Å². The molecule has 0 bridgehead atoms. The van der Waals surface area contributed by atoms with Gasteiger partial charge < -0.3 is 14.8 Å². The van der Waals surface area contributed by atoms with Gasteiger partial charge in [-0.1, -0.05) is 24.3 Å². The maximum Gasteiger partial charge on any atom is 0.253 e. The highest BCUT2D eigenvalue weighted by atomic mass is 16.5. The van der Waals surface area contributed by atoms with E-state index < -0.39 is 6.10 Å². The van der Waals surface area contributed by atoms with Crippen LogP contribution in [0.5, 0.6) is 0 Å². The van der Waals surface area contributed by atoms with E-state index in [2.05, 4.69) is 29.6 Å². The molecule has 1 saturated heterocycles. The van der Waals surface area contributed by atoms with E-state index in [0.717, 1.165) is 43.4 Å². The molecule has 1 N–H and O–H groups in total. The van der Waals surface area contributed by atoms with Gasteiger partial charge in [-0.3, -0.25) is 4.79 Å². The number of ether oxygens (including phenoxy) is 2. The van der Waals surface area contributed by atoms with E-state index in [1.165, 1.54) is 16.5 Å². The minimum atomic E-state index is -0.489. The lowest BCUT2D eigenvalue weighted by atomic mass is 10.0. The average Bonchev–Trinajstić information content (AvgIpc) is 3.26. The Bertz CT molecular complexity index is 755. The summed E-state index contributed by atoms with van der Waals surface area (Å²) in [6, 6.07) is 10.5. The van der Waals surface area contributed by atoms with Gasteiger partial charge in [0.1, 0.15) is 6.10 Å². The fraction of sp³-hybridized carbons (Fsp3) is 0.450. The van der Waals surface area contributed by atoms with Gasteiger partial charge in [-0.25, -0.2) is 0 Å². The molecule has 4 nitrogen and oxygen atoms in total. The van der Waals surface area contributed by atoms with Crippen LogP contribution in [-0.4, -0.2) is 31.3 Å². The van der Waals surface area contributed by atoms with E-state index in [1.807, 2.05) is 6.07 Å². The molecule has 0 unspecified atom stereocenters. The summed E-state index contributed by atoms with van der Waals surface area (Å²) in [5.41, 5.74) is 3.62. The van der Waals surface area contributed by atoms with Gasteiger partial charge in [-0.05, 0) is 55.2 Å². The summed E-state index contributed by atoms with van der Waals surface area (Å²) in [5, 5.41) is 5.47. The lowest BCUT2D eigenvalue weighted by Crippen LogP contribution is -2.30. The number of rotatable bonds is 5. The monoisotopic (exact) mass is 325 g/mol. The van der Waals surface area contributed by atoms with Crippen LogP contribution in [0.4, 0.5) is 5.69 Å². The molecule has 2 aromatic rings. The summed E-state index contributed by atoms with van der Waals surface area (Å²) in [6.45, 7) is 3.08. The molecule has 0 saturated carbocycles. The average molecular weight is 325 g/mol. The zero-order chi connectivity index (χ0) is 16.5. The zero-order valence-corrected chi connectivity index (χ0v) is 14.0. The fourth-order valence-corrected chi connectivity index (χ4v) is 3.69. The predicted molar refractivity (Wildman–Crippen MR) is 94.4 cm³/mol. The number of carbonyl (C=O) groups is 1. The molecule has 2 atom stereocenters. The highest BCUT2D eigenvalue weighted by molar-refractivity contribution is 6.05. The molecule has 4 heteroatoms. The van der Waals surface area contributed by atoms with E-state index in [-0.39, 0.29) is 12.0 Å². The third-order valence-electron chi connectivity index (χ3n) is 5.06. The number of benzene rings is 2. The molecular formula is C20H23NO3. The second kappa shape index (κ2) is 6.54. The number of aryl methyl sites for hydroxylation is 2. The van der Waals surface area contributed by atoms with Crippen molar-refractivity contribution in [2.75, 3.05) is 18.5 Å². The second-order valence-electron chi connectivity index (χ2n) is 6.71. The Labute approximate surface area is 142 Å². The third kappa shape index (κ3) is 2.92. The number of hydrogen-bond donors (Lipinski definition) is 1.